The van der Waals surface area contributed by atoms with Gasteiger partial charge in [-0.2, -0.15) is 0 Å². The van der Waals surface area contributed by atoms with E-state index in [-0.39, 0.29) is 5.92 Å². The lowest BCUT2D eigenvalue weighted by Crippen LogP contribution is -2.18. The van der Waals surface area contributed by atoms with Gasteiger partial charge >= 0.3 is 0 Å². The lowest BCUT2D eigenvalue weighted by molar-refractivity contribution is 0.485. The smallest absolute Gasteiger partial charge is 0.162 e. The second kappa shape index (κ2) is 4.65. The van der Waals surface area contributed by atoms with Crippen LogP contribution in [0.4, 0.5) is 14.5 Å². The van der Waals surface area contributed by atoms with E-state index in [9.17, 15) is 8.78 Å². The van der Waals surface area contributed by atoms with Crippen molar-refractivity contribution < 1.29 is 8.78 Å². The Kier molecular flexibility index (Phi) is 2.97. The molecule has 0 bridgehead atoms. The first-order valence-corrected chi connectivity index (χ1v) is 6.46. The summed E-state index contributed by atoms with van der Waals surface area (Å²) in [4.78, 5) is 0. The Morgan fingerprint density at radius 1 is 1.00 bits per heavy atom. The van der Waals surface area contributed by atoms with E-state index in [4.69, 9.17) is 0 Å². The SMILES string of the molecule is Cc1ccc(C2CCNc3ccccc32)c(F)c1F. The molecule has 2 aromatic rings. The van der Waals surface area contributed by atoms with Gasteiger partial charge in [-0.1, -0.05) is 30.3 Å². The van der Waals surface area contributed by atoms with Crippen molar-refractivity contribution in [1.82, 2.24) is 0 Å². The zero-order valence-corrected chi connectivity index (χ0v) is 10.7. The van der Waals surface area contributed by atoms with Gasteiger partial charge in [-0.3, -0.25) is 0 Å². The normalized spacial score (nSPS) is 17.7. The molecule has 0 fully saturated rings. The van der Waals surface area contributed by atoms with Crippen LogP contribution in [0.25, 0.3) is 0 Å². The molecule has 0 saturated carbocycles. The van der Waals surface area contributed by atoms with Gasteiger partial charge in [0.25, 0.3) is 0 Å². The van der Waals surface area contributed by atoms with Crippen LogP contribution in [0.5, 0.6) is 0 Å². The first-order chi connectivity index (χ1) is 9.18. The predicted molar refractivity (Wildman–Crippen MR) is 72.5 cm³/mol. The molecule has 0 spiro atoms. The summed E-state index contributed by atoms with van der Waals surface area (Å²) in [6.07, 6.45) is 0.774. The third kappa shape index (κ3) is 1.99. The predicted octanol–water partition coefficient (Wildman–Crippen LogP) is 4.22. The Bertz CT molecular complexity index is 622. The van der Waals surface area contributed by atoms with E-state index in [0.717, 1.165) is 24.2 Å². The number of nitrogens with one attached hydrogen (secondary N) is 1. The molecule has 0 amide bonds. The van der Waals surface area contributed by atoms with E-state index in [1.165, 1.54) is 0 Å². The largest absolute Gasteiger partial charge is 0.385 e. The number of fused-ring (bicyclic) bond motifs is 1. The minimum Gasteiger partial charge on any atom is -0.385 e. The molecule has 1 aliphatic heterocycles. The Morgan fingerprint density at radius 2 is 1.79 bits per heavy atom. The summed E-state index contributed by atoms with van der Waals surface area (Å²) in [5.74, 6) is -1.51. The first kappa shape index (κ1) is 12.2. The summed E-state index contributed by atoms with van der Waals surface area (Å²) in [5, 5.41) is 3.29. The van der Waals surface area contributed by atoms with Gasteiger partial charge < -0.3 is 5.32 Å². The van der Waals surface area contributed by atoms with Gasteiger partial charge in [0.15, 0.2) is 11.6 Å². The number of rotatable bonds is 1. The Hall–Kier alpha value is -1.90. The zero-order chi connectivity index (χ0) is 13.4. The van der Waals surface area contributed by atoms with Gasteiger partial charge in [0.05, 0.1) is 0 Å². The van der Waals surface area contributed by atoms with Crippen LogP contribution in [0, 0.1) is 18.6 Å². The molecule has 1 atom stereocenters. The summed E-state index contributed by atoms with van der Waals surface area (Å²) in [6.45, 7) is 2.36. The van der Waals surface area contributed by atoms with E-state index < -0.39 is 11.6 Å². The summed E-state index contributed by atoms with van der Waals surface area (Å²) in [6, 6.07) is 11.2. The molecule has 98 valence electrons. The van der Waals surface area contributed by atoms with Crippen molar-refractivity contribution in [2.24, 2.45) is 0 Å². The van der Waals surface area contributed by atoms with Crippen LogP contribution in [0.2, 0.25) is 0 Å². The van der Waals surface area contributed by atoms with Crippen molar-refractivity contribution in [1.29, 1.82) is 0 Å². The van der Waals surface area contributed by atoms with Crippen molar-refractivity contribution in [3.63, 3.8) is 0 Å². The van der Waals surface area contributed by atoms with Crippen molar-refractivity contribution in [2.75, 3.05) is 11.9 Å². The molecular weight excluding hydrogens is 244 g/mol. The summed E-state index contributed by atoms with van der Waals surface area (Å²) in [5.41, 5.74) is 2.86. The fourth-order valence-corrected chi connectivity index (χ4v) is 2.72. The number of aryl methyl sites for hydroxylation is 1. The number of para-hydroxylation sites is 1. The fourth-order valence-electron chi connectivity index (χ4n) is 2.72. The maximum atomic E-state index is 14.1. The zero-order valence-electron chi connectivity index (χ0n) is 10.7. The number of benzene rings is 2. The van der Waals surface area contributed by atoms with E-state index in [1.54, 1.807) is 19.1 Å². The molecule has 1 aliphatic rings. The highest BCUT2D eigenvalue weighted by Crippen LogP contribution is 2.38. The molecule has 0 aromatic heterocycles. The van der Waals surface area contributed by atoms with Gasteiger partial charge in [-0.15, -0.1) is 0 Å². The quantitative estimate of drug-likeness (QED) is 0.808. The van der Waals surface area contributed by atoms with Gasteiger partial charge in [-0.05, 0) is 36.1 Å². The van der Waals surface area contributed by atoms with Crippen LogP contribution >= 0.6 is 0 Å². The summed E-state index contributed by atoms with van der Waals surface area (Å²) < 4.78 is 27.9. The summed E-state index contributed by atoms with van der Waals surface area (Å²) >= 11 is 0. The topological polar surface area (TPSA) is 12.0 Å². The first-order valence-electron chi connectivity index (χ1n) is 6.46. The van der Waals surface area contributed by atoms with Gasteiger partial charge in [0.2, 0.25) is 0 Å². The number of hydrogen-bond donors (Lipinski definition) is 1. The minimum atomic E-state index is -0.728. The number of halogens is 2. The van der Waals surface area contributed by atoms with Crippen LogP contribution in [-0.4, -0.2) is 6.54 Å². The van der Waals surface area contributed by atoms with Crippen molar-refractivity contribution in [3.05, 3.63) is 64.7 Å². The third-order valence-electron chi connectivity index (χ3n) is 3.77. The molecule has 1 unspecified atom stereocenters. The molecule has 0 saturated heterocycles. The molecule has 2 aromatic carbocycles. The van der Waals surface area contributed by atoms with E-state index in [1.807, 2.05) is 24.3 Å². The fraction of sp³-hybridized carbons (Fsp3) is 0.250. The highest BCUT2D eigenvalue weighted by molar-refractivity contribution is 5.57. The molecule has 3 heteroatoms. The molecule has 3 rings (SSSR count). The van der Waals surface area contributed by atoms with Crippen LogP contribution < -0.4 is 5.32 Å². The number of hydrogen-bond acceptors (Lipinski definition) is 1. The van der Waals surface area contributed by atoms with Gasteiger partial charge in [-0.25, -0.2) is 8.78 Å². The van der Waals surface area contributed by atoms with Gasteiger partial charge in [0.1, 0.15) is 0 Å². The standard InChI is InChI=1S/C16H15F2N/c1-10-6-7-13(16(18)15(10)17)11-8-9-19-14-5-3-2-4-12(11)14/h2-7,11,19H,8-9H2,1H3. The molecule has 1 N–H and O–H groups in total. The van der Waals surface area contributed by atoms with E-state index in [0.29, 0.717) is 11.1 Å². The number of anilines is 1. The van der Waals surface area contributed by atoms with Crippen molar-refractivity contribution >= 4 is 5.69 Å². The maximum absolute atomic E-state index is 14.1. The third-order valence-corrected chi connectivity index (χ3v) is 3.77. The minimum absolute atomic E-state index is 0.0763. The lowest BCUT2D eigenvalue weighted by Gasteiger charge is -2.27. The lowest BCUT2D eigenvalue weighted by atomic mass is 9.84. The highest BCUT2D eigenvalue weighted by atomic mass is 19.2. The van der Waals surface area contributed by atoms with Crippen LogP contribution in [0.1, 0.15) is 29.0 Å². The average Bonchev–Trinajstić information content (AvgIpc) is 2.45. The van der Waals surface area contributed by atoms with Crippen molar-refractivity contribution in [2.45, 2.75) is 19.3 Å². The second-order valence-corrected chi connectivity index (χ2v) is 4.95. The maximum Gasteiger partial charge on any atom is 0.162 e. The van der Waals surface area contributed by atoms with E-state index in [2.05, 4.69) is 5.32 Å². The van der Waals surface area contributed by atoms with E-state index >= 15 is 0 Å². The van der Waals surface area contributed by atoms with Crippen LogP contribution in [0.3, 0.4) is 0 Å². The Morgan fingerprint density at radius 3 is 2.63 bits per heavy atom. The summed E-state index contributed by atoms with van der Waals surface area (Å²) in [7, 11) is 0. The Balaban J connectivity index is 2.12. The average molecular weight is 259 g/mol. The van der Waals surface area contributed by atoms with Crippen molar-refractivity contribution in [3.8, 4) is 0 Å². The molecule has 1 nitrogen and oxygen atoms in total. The Labute approximate surface area is 111 Å². The van der Waals surface area contributed by atoms with Crippen LogP contribution in [0.15, 0.2) is 36.4 Å². The molecule has 0 aliphatic carbocycles. The van der Waals surface area contributed by atoms with Crippen LogP contribution in [-0.2, 0) is 0 Å². The molecule has 0 radical (unpaired) electrons. The monoisotopic (exact) mass is 259 g/mol. The molecular formula is C16H15F2N. The highest BCUT2D eigenvalue weighted by Gasteiger charge is 2.25. The van der Waals surface area contributed by atoms with Gasteiger partial charge in [0, 0.05) is 18.2 Å². The molecule has 1 heterocycles. The second-order valence-electron chi connectivity index (χ2n) is 4.95. The molecule has 19 heavy (non-hydrogen) atoms.